The molecule has 5 nitrogen and oxygen atoms in total. The standard InChI is InChI=1S/C20H20ClN3O2S/c1-13-4-6-17(14(2)10-13)24-9-8-22-20(24)27-12-19(25)23-16-11-15(21)5-7-18(16)26-3/h4-11H,12H2,1-3H3,(H,23,25). The van der Waals surface area contributed by atoms with Crippen molar-refractivity contribution < 1.29 is 9.53 Å². The molecule has 0 bridgehead atoms. The van der Waals surface area contributed by atoms with Crippen LogP contribution in [0.5, 0.6) is 5.75 Å². The molecule has 0 spiro atoms. The molecule has 140 valence electrons. The number of thioether (sulfide) groups is 1. The predicted octanol–water partition coefficient (Wildman–Crippen LogP) is 4.88. The SMILES string of the molecule is COc1ccc(Cl)cc1NC(=O)CSc1nccn1-c1ccc(C)cc1C. The molecule has 0 fully saturated rings. The van der Waals surface area contributed by atoms with Gasteiger partial charge in [0.25, 0.3) is 0 Å². The fourth-order valence-electron chi connectivity index (χ4n) is 2.75. The van der Waals surface area contributed by atoms with E-state index in [4.69, 9.17) is 16.3 Å². The summed E-state index contributed by atoms with van der Waals surface area (Å²) in [6, 6.07) is 11.4. The fourth-order valence-corrected chi connectivity index (χ4v) is 3.69. The number of anilines is 1. The number of carbonyl (C=O) groups excluding carboxylic acids is 1. The molecule has 0 saturated carbocycles. The molecule has 0 unspecified atom stereocenters. The van der Waals surface area contributed by atoms with E-state index in [-0.39, 0.29) is 11.7 Å². The summed E-state index contributed by atoms with van der Waals surface area (Å²) < 4.78 is 7.25. The lowest BCUT2D eigenvalue weighted by Crippen LogP contribution is -2.15. The molecular formula is C20H20ClN3O2S. The Morgan fingerprint density at radius 1 is 1.26 bits per heavy atom. The summed E-state index contributed by atoms with van der Waals surface area (Å²) >= 11 is 7.38. The molecule has 1 aromatic heterocycles. The lowest BCUT2D eigenvalue weighted by molar-refractivity contribution is -0.113. The zero-order chi connectivity index (χ0) is 19.4. The van der Waals surface area contributed by atoms with Crippen molar-refractivity contribution in [1.29, 1.82) is 0 Å². The minimum Gasteiger partial charge on any atom is -0.495 e. The van der Waals surface area contributed by atoms with Crippen molar-refractivity contribution in [2.45, 2.75) is 19.0 Å². The largest absolute Gasteiger partial charge is 0.495 e. The maximum absolute atomic E-state index is 12.4. The molecule has 0 atom stereocenters. The smallest absolute Gasteiger partial charge is 0.234 e. The zero-order valence-electron chi connectivity index (χ0n) is 15.3. The third-order valence-electron chi connectivity index (χ3n) is 3.99. The molecule has 27 heavy (non-hydrogen) atoms. The summed E-state index contributed by atoms with van der Waals surface area (Å²) in [5.74, 6) is 0.627. The predicted molar refractivity (Wildman–Crippen MR) is 110 cm³/mol. The first-order chi connectivity index (χ1) is 13.0. The van der Waals surface area contributed by atoms with Crippen LogP contribution in [0.1, 0.15) is 11.1 Å². The van der Waals surface area contributed by atoms with E-state index in [1.54, 1.807) is 31.5 Å². The number of nitrogens with zero attached hydrogens (tertiary/aromatic N) is 2. The van der Waals surface area contributed by atoms with Gasteiger partial charge in [-0.2, -0.15) is 0 Å². The van der Waals surface area contributed by atoms with Gasteiger partial charge in [-0.25, -0.2) is 4.98 Å². The van der Waals surface area contributed by atoms with E-state index in [2.05, 4.69) is 42.3 Å². The van der Waals surface area contributed by atoms with Gasteiger partial charge in [0.05, 0.1) is 24.2 Å². The summed E-state index contributed by atoms with van der Waals surface area (Å²) in [6.45, 7) is 4.13. The maximum atomic E-state index is 12.4. The van der Waals surface area contributed by atoms with Crippen LogP contribution < -0.4 is 10.1 Å². The van der Waals surface area contributed by atoms with E-state index in [1.807, 2.05) is 10.8 Å². The number of hydrogen-bond donors (Lipinski definition) is 1. The summed E-state index contributed by atoms with van der Waals surface area (Å²) in [5, 5.41) is 4.13. The molecule has 0 radical (unpaired) electrons. The number of aryl methyl sites for hydroxylation is 2. The molecule has 0 saturated heterocycles. The number of hydrogen-bond acceptors (Lipinski definition) is 4. The molecule has 1 N–H and O–H groups in total. The number of aromatic nitrogens is 2. The highest BCUT2D eigenvalue weighted by Crippen LogP contribution is 2.28. The topological polar surface area (TPSA) is 56.1 Å². The van der Waals surface area contributed by atoms with E-state index in [0.717, 1.165) is 16.4 Å². The van der Waals surface area contributed by atoms with Gasteiger partial charge >= 0.3 is 0 Å². The molecule has 2 aromatic carbocycles. The molecule has 1 heterocycles. The van der Waals surface area contributed by atoms with Crippen molar-refractivity contribution in [2.75, 3.05) is 18.2 Å². The molecule has 3 rings (SSSR count). The number of ether oxygens (including phenoxy) is 1. The number of halogens is 1. The Morgan fingerprint density at radius 3 is 2.81 bits per heavy atom. The average Bonchev–Trinajstić information content (AvgIpc) is 3.08. The second kappa shape index (κ2) is 8.50. The Morgan fingerprint density at radius 2 is 2.07 bits per heavy atom. The van der Waals surface area contributed by atoms with Crippen LogP contribution in [0.15, 0.2) is 53.9 Å². The van der Waals surface area contributed by atoms with Crippen molar-refractivity contribution in [2.24, 2.45) is 0 Å². The van der Waals surface area contributed by atoms with Crippen LogP contribution in [0, 0.1) is 13.8 Å². The van der Waals surface area contributed by atoms with Gasteiger partial charge in [-0.05, 0) is 43.7 Å². The van der Waals surface area contributed by atoms with Gasteiger partial charge in [-0.1, -0.05) is 41.1 Å². The van der Waals surface area contributed by atoms with Gasteiger partial charge in [0, 0.05) is 17.4 Å². The number of imidazole rings is 1. The first-order valence-electron chi connectivity index (χ1n) is 8.35. The molecule has 0 aliphatic heterocycles. The fraction of sp³-hybridized carbons (Fsp3) is 0.200. The van der Waals surface area contributed by atoms with Crippen molar-refractivity contribution >= 4 is 35.0 Å². The first-order valence-corrected chi connectivity index (χ1v) is 9.71. The molecule has 3 aromatic rings. The number of carbonyl (C=O) groups is 1. The third-order valence-corrected chi connectivity index (χ3v) is 5.19. The molecule has 0 aliphatic carbocycles. The number of rotatable bonds is 6. The van der Waals surface area contributed by atoms with E-state index in [0.29, 0.717) is 16.5 Å². The second-order valence-corrected chi connectivity index (χ2v) is 7.43. The van der Waals surface area contributed by atoms with Crippen LogP contribution in [0.3, 0.4) is 0 Å². The third kappa shape index (κ3) is 4.64. The van der Waals surface area contributed by atoms with Crippen LogP contribution in [-0.4, -0.2) is 28.3 Å². The molecule has 1 amide bonds. The first kappa shape index (κ1) is 19.3. The normalized spacial score (nSPS) is 10.7. The van der Waals surface area contributed by atoms with Crippen molar-refractivity contribution in [3.63, 3.8) is 0 Å². The Hall–Kier alpha value is -2.44. The maximum Gasteiger partial charge on any atom is 0.234 e. The second-order valence-electron chi connectivity index (χ2n) is 6.05. The zero-order valence-corrected chi connectivity index (χ0v) is 16.9. The number of nitrogens with one attached hydrogen (secondary N) is 1. The van der Waals surface area contributed by atoms with Crippen molar-refractivity contribution in [3.05, 3.63) is 64.9 Å². The van der Waals surface area contributed by atoms with E-state index in [1.165, 1.54) is 17.3 Å². The molecule has 7 heteroatoms. The van der Waals surface area contributed by atoms with Gasteiger partial charge < -0.3 is 10.1 Å². The average molecular weight is 402 g/mol. The monoisotopic (exact) mass is 401 g/mol. The summed E-state index contributed by atoms with van der Waals surface area (Å²) in [5.41, 5.74) is 3.97. The minimum absolute atomic E-state index is 0.157. The highest BCUT2D eigenvalue weighted by molar-refractivity contribution is 7.99. The molecular weight excluding hydrogens is 382 g/mol. The Bertz CT molecular complexity index is 972. The number of benzene rings is 2. The van der Waals surface area contributed by atoms with Gasteiger partial charge in [-0.3, -0.25) is 9.36 Å². The Labute approximate surface area is 167 Å². The minimum atomic E-state index is -0.157. The van der Waals surface area contributed by atoms with E-state index < -0.39 is 0 Å². The lowest BCUT2D eigenvalue weighted by atomic mass is 10.1. The Balaban J connectivity index is 1.70. The van der Waals surface area contributed by atoms with Crippen LogP contribution in [0.25, 0.3) is 5.69 Å². The summed E-state index contributed by atoms with van der Waals surface area (Å²) in [4.78, 5) is 16.8. The van der Waals surface area contributed by atoms with Crippen LogP contribution in [0.4, 0.5) is 5.69 Å². The number of methoxy groups -OCH3 is 1. The quantitative estimate of drug-likeness (QED) is 0.598. The molecule has 0 aliphatic rings. The number of amides is 1. The Kier molecular flexibility index (Phi) is 6.08. The van der Waals surface area contributed by atoms with Crippen LogP contribution in [-0.2, 0) is 4.79 Å². The summed E-state index contributed by atoms with van der Waals surface area (Å²) in [6.07, 6.45) is 3.64. The van der Waals surface area contributed by atoms with Crippen molar-refractivity contribution in [3.8, 4) is 11.4 Å². The summed E-state index contributed by atoms with van der Waals surface area (Å²) in [7, 11) is 1.55. The highest BCUT2D eigenvalue weighted by atomic mass is 35.5. The van der Waals surface area contributed by atoms with Crippen LogP contribution >= 0.6 is 23.4 Å². The van der Waals surface area contributed by atoms with Gasteiger partial charge in [-0.15, -0.1) is 0 Å². The lowest BCUT2D eigenvalue weighted by Gasteiger charge is -2.12. The van der Waals surface area contributed by atoms with Gasteiger partial charge in [0.15, 0.2) is 5.16 Å². The van der Waals surface area contributed by atoms with Gasteiger partial charge in [0.2, 0.25) is 5.91 Å². The van der Waals surface area contributed by atoms with Crippen molar-refractivity contribution in [1.82, 2.24) is 9.55 Å². The van der Waals surface area contributed by atoms with E-state index in [9.17, 15) is 4.79 Å². The highest BCUT2D eigenvalue weighted by Gasteiger charge is 2.12. The van der Waals surface area contributed by atoms with Crippen LogP contribution in [0.2, 0.25) is 5.02 Å². The van der Waals surface area contributed by atoms with Gasteiger partial charge in [0.1, 0.15) is 5.75 Å². The van der Waals surface area contributed by atoms with E-state index >= 15 is 0 Å².